The summed E-state index contributed by atoms with van der Waals surface area (Å²) in [5.74, 6) is 0.632. The molecule has 1 fully saturated rings. The first-order valence-electron chi connectivity index (χ1n) is 14.1. The van der Waals surface area contributed by atoms with Crippen LogP contribution in [0.1, 0.15) is 28.9 Å². The highest BCUT2D eigenvalue weighted by Gasteiger charge is 2.30. The topological polar surface area (TPSA) is 88.1 Å². The van der Waals surface area contributed by atoms with Gasteiger partial charge in [0.1, 0.15) is 12.4 Å². The number of nitrogens with zero attached hydrogens (tertiary/aromatic N) is 5. The summed E-state index contributed by atoms with van der Waals surface area (Å²) in [6, 6.07) is 24.2. The van der Waals surface area contributed by atoms with Gasteiger partial charge in [0.25, 0.3) is 5.91 Å². The van der Waals surface area contributed by atoms with E-state index >= 15 is 0 Å². The van der Waals surface area contributed by atoms with Crippen LogP contribution in [0.5, 0.6) is 11.5 Å². The summed E-state index contributed by atoms with van der Waals surface area (Å²) in [6.45, 7) is 3.72. The van der Waals surface area contributed by atoms with Gasteiger partial charge in [-0.1, -0.05) is 42.5 Å². The summed E-state index contributed by atoms with van der Waals surface area (Å²) in [5, 5.41) is 8.84. The predicted octanol–water partition coefficient (Wildman–Crippen LogP) is 4.85. The number of benzene rings is 3. The van der Waals surface area contributed by atoms with Crippen molar-refractivity contribution in [2.75, 3.05) is 51.8 Å². The van der Waals surface area contributed by atoms with Crippen LogP contribution in [0.2, 0.25) is 0 Å². The third kappa shape index (κ3) is 6.58. The van der Waals surface area contributed by atoms with Crippen LogP contribution >= 0.6 is 0 Å². The Hall–Kier alpha value is -4.99. The number of piperazine rings is 1. The molecule has 4 aromatic rings. The standard InChI is InChI=1S/C33H34FN5O4/c1-23(24-9-5-4-6-10-24)39(33(41)26-11-7-8-12-27(26)34)22-32(40)38-19-17-37(18-20-38)31-16-14-28(35-36-31)25-13-15-29(42-2)30(21-25)43-3/h4-16,21,23H,17-20,22H2,1-3H3/t23-/m1/s1. The monoisotopic (exact) mass is 583 g/mol. The molecule has 1 saturated heterocycles. The Morgan fingerprint density at radius 1 is 0.860 bits per heavy atom. The molecule has 2 amide bonds. The third-order valence-electron chi connectivity index (χ3n) is 7.71. The minimum absolute atomic E-state index is 0.0574. The molecular formula is C33H34FN5O4. The summed E-state index contributed by atoms with van der Waals surface area (Å²) in [4.78, 5) is 32.2. The van der Waals surface area contributed by atoms with Gasteiger partial charge in [-0.2, -0.15) is 0 Å². The summed E-state index contributed by atoms with van der Waals surface area (Å²) < 4.78 is 25.3. The molecule has 0 bridgehead atoms. The second-order valence-corrected chi connectivity index (χ2v) is 10.2. The van der Waals surface area contributed by atoms with Crippen molar-refractivity contribution < 1.29 is 23.5 Å². The van der Waals surface area contributed by atoms with E-state index < -0.39 is 17.8 Å². The number of carbonyl (C=O) groups excluding carboxylic acids is 2. The van der Waals surface area contributed by atoms with Gasteiger partial charge < -0.3 is 24.2 Å². The molecule has 0 spiro atoms. The fourth-order valence-corrected chi connectivity index (χ4v) is 5.16. The second kappa shape index (κ2) is 13.3. The Labute approximate surface area is 250 Å². The van der Waals surface area contributed by atoms with E-state index in [1.807, 2.05) is 67.6 Å². The summed E-state index contributed by atoms with van der Waals surface area (Å²) >= 11 is 0. The lowest BCUT2D eigenvalue weighted by atomic mass is 10.0. The van der Waals surface area contributed by atoms with Gasteiger partial charge in [0.15, 0.2) is 17.3 Å². The smallest absolute Gasteiger partial charge is 0.257 e. The summed E-state index contributed by atoms with van der Waals surface area (Å²) in [5.41, 5.74) is 2.36. The fraction of sp³-hybridized carbons (Fsp3) is 0.273. The normalized spacial score (nSPS) is 13.8. The molecular weight excluding hydrogens is 549 g/mol. The molecule has 1 aliphatic heterocycles. The van der Waals surface area contributed by atoms with Gasteiger partial charge in [0.05, 0.1) is 31.5 Å². The molecule has 1 atom stereocenters. The highest BCUT2D eigenvalue weighted by molar-refractivity contribution is 5.97. The number of halogens is 1. The van der Waals surface area contributed by atoms with Crippen molar-refractivity contribution in [3.8, 4) is 22.8 Å². The van der Waals surface area contributed by atoms with Gasteiger partial charge in [-0.15, -0.1) is 10.2 Å². The molecule has 10 heteroatoms. The number of hydrogen-bond donors (Lipinski definition) is 0. The largest absolute Gasteiger partial charge is 0.493 e. The Bertz CT molecular complexity index is 1560. The minimum Gasteiger partial charge on any atom is -0.493 e. The van der Waals surface area contributed by atoms with Crippen LogP contribution in [-0.2, 0) is 4.79 Å². The van der Waals surface area contributed by atoms with Gasteiger partial charge in [0.2, 0.25) is 5.91 Å². The zero-order chi connectivity index (χ0) is 30.3. The average molecular weight is 584 g/mol. The SMILES string of the molecule is COc1ccc(-c2ccc(N3CCN(C(=O)CN(C(=O)c4ccccc4F)[C@H](C)c4ccccc4)CC3)nn2)cc1OC. The van der Waals surface area contributed by atoms with Gasteiger partial charge >= 0.3 is 0 Å². The third-order valence-corrected chi connectivity index (χ3v) is 7.71. The first-order chi connectivity index (χ1) is 20.9. The number of ether oxygens (including phenoxy) is 2. The molecule has 2 heterocycles. The number of aromatic nitrogens is 2. The summed E-state index contributed by atoms with van der Waals surface area (Å²) in [6.07, 6.45) is 0. The number of amides is 2. The summed E-state index contributed by atoms with van der Waals surface area (Å²) in [7, 11) is 3.18. The lowest BCUT2D eigenvalue weighted by molar-refractivity contribution is -0.132. The van der Waals surface area contributed by atoms with Crippen molar-refractivity contribution in [3.05, 3.63) is 102 Å². The van der Waals surface area contributed by atoms with Crippen LogP contribution in [0.3, 0.4) is 0 Å². The highest BCUT2D eigenvalue weighted by Crippen LogP contribution is 2.32. The number of rotatable bonds is 9. The van der Waals surface area contributed by atoms with Crippen LogP contribution in [-0.4, -0.2) is 78.8 Å². The molecule has 0 aliphatic carbocycles. The zero-order valence-corrected chi connectivity index (χ0v) is 24.4. The molecule has 0 radical (unpaired) electrons. The molecule has 1 aromatic heterocycles. The van der Waals surface area contributed by atoms with E-state index in [2.05, 4.69) is 15.1 Å². The molecule has 9 nitrogen and oxygen atoms in total. The maximum atomic E-state index is 14.6. The van der Waals surface area contributed by atoms with Crippen molar-refractivity contribution in [2.45, 2.75) is 13.0 Å². The molecule has 5 rings (SSSR count). The maximum Gasteiger partial charge on any atom is 0.257 e. The van der Waals surface area contributed by atoms with E-state index in [9.17, 15) is 14.0 Å². The molecule has 43 heavy (non-hydrogen) atoms. The van der Waals surface area contributed by atoms with E-state index in [0.29, 0.717) is 49.2 Å². The average Bonchev–Trinajstić information content (AvgIpc) is 3.07. The predicted molar refractivity (Wildman–Crippen MR) is 162 cm³/mol. The highest BCUT2D eigenvalue weighted by atomic mass is 19.1. The zero-order valence-electron chi connectivity index (χ0n) is 24.4. The fourth-order valence-electron chi connectivity index (χ4n) is 5.16. The number of anilines is 1. The Balaban J connectivity index is 1.25. The molecule has 222 valence electrons. The van der Waals surface area contributed by atoms with Gasteiger partial charge in [-0.25, -0.2) is 4.39 Å². The first-order valence-corrected chi connectivity index (χ1v) is 14.1. The van der Waals surface area contributed by atoms with E-state index in [0.717, 1.165) is 11.1 Å². The van der Waals surface area contributed by atoms with E-state index in [4.69, 9.17) is 9.47 Å². The first kappa shape index (κ1) is 29.5. The molecule has 0 saturated carbocycles. The lowest BCUT2D eigenvalue weighted by Gasteiger charge is -2.37. The second-order valence-electron chi connectivity index (χ2n) is 10.2. The Morgan fingerprint density at radius 3 is 2.21 bits per heavy atom. The minimum atomic E-state index is -0.614. The molecule has 1 aliphatic rings. The van der Waals surface area contributed by atoms with Gasteiger partial charge in [0, 0.05) is 31.7 Å². The van der Waals surface area contributed by atoms with E-state index in [-0.39, 0.29) is 18.0 Å². The Kier molecular flexibility index (Phi) is 9.14. The van der Waals surface area contributed by atoms with Gasteiger partial charge in [-0.05, 0) is 55.0 Å². The van der Waals surface area contributed by atoms with E-state index in [1.54, 1.807) is 25.2 Å². The number of carbonyl (C=O) groups is 2. The maximum absolute atomic E-state index is 14.6. The number of methoxy groups -OCH3 is 2. The van der Waals surface area contributed by atoms with Crippen LogP contribution in [0.4, 0.5) is 10.2 Å². The van der Waals surface area contributed by atoms with Crippen LogP contribution in [0.25, 0.3) is 11.3 Å². The Morgan fingerprint density at radius 2 is 1.56 bits per heavy atom. The van der Waals surface area contributed by atoms with Crippen molar-refractivity contribution in [2.24, 2.45) is 0 Å². The van der Waals surface area contributed by atoms with Crippen molar-refractivity contribution >= 4 is 17.6 Å². The van der Waals surface area contributed by atoms with Crippen LogP contribution in [0, 0.1) is 5.82 Å². The van der Waals surface area contributed by atoms with Crippen LogP contribution < -0.4 is 14.4 Å². The van der Waals surface area contributed by atoms with Crippen molar-refractivity contribution in [3.63, 3.8) is 0 Å². The van der Waals surface area contributed by atoms with Crippen molar-refractivity contribution in [1.82, 2.24) is 20.0 Å². The molecule has 0 N–H and O–H groups in total. The lowest BCUT2D eigenvalue weighted by Crippen LogP contribution is -2.52. The number of hydrogen-bond acceptors (Lipinski definition) is 7. The quantitative estimate of drug-likeness (QED) is 0.278. The molecule has 0 unspecified atom stereocenters. The molecule has 3 aromatic carbocycles. The van der Waals surface area contributed by atoms with Gasteiger partial charge in [-0.3, -0.25) is 9.59 Å². The van der Waals surface area contributed by atoms with E-state index in [1.165, 1.54) is 23.1 Å². The van der Waals surface area contributed by atoms with Crippen LogP contribution in [0.15, 0.2) is 84.9 Å². The van der Waals surface area contributed by atoms with Crippen molar-refractivity contribution in [1.29, 1.82) is 0 Å².